The molecule has 2 aromatic heterocycles. The minimum atomic E-state index is 0.135. The summed E-state index contributed by atoms with van der Waals surface area (Å²) < 4.78 is 5.38. The molecule has 5 nitrogen and oxygen atoms in total. The van der Waals surface area contributed by atoms with Crippen molar-refractivity contribution in [3.63, 3.8) is 0 Å². The molecule has 5 heteroatoms. The van der Waals surface area contributed by atoms with Crippen molar-refractivity contribution in [1.82, 2.24) is 20.4 Å². The van der Waals surface area contributed by atoms with E-state index in [4.69, 9.17) is 4.52 Å². The van der Waals surface area contributed by atoms with Gasteiger partial charge in [0.05, 0.1) is 0 Å². The minimum Gasteiger partial charge on any atom is -0.339 e. The second-order valence-corrected chi connectivity index (χ2v) is 6.11. The highest BCUT2D eigenvalue weighted by Crippen LogP contribution is 2.24. The number of nitrogens with zero attached hydrogens (tertiary/aromatic N) is 3. The van der Waals surface area contributed by atoms with Gasteiger partial charge < -0.3 is 9.84 Å². The quantitative estimate of drug-likeness (QED) is 0.928. The molecule has 108 valence electrons. The van der Waals surface area contributed by atoms with Gasteiger partial charge in [0.2, 0.25) is 11.7 Å². The molecule has 0 saturated carbocycles. The molecular formula is C15H22N4O. The topological polar surface area (TPSA) is 63.8 Å². The van der Waals surface area contributed by atoms with Gasteiger partial charge in [-0.15, -0.1) is 0 Å². The molecule has 0 spiro atoms. The van der Waals surface area contributed by atoms with Crippen LogP contribution >= 0.6 is 0 Å². The van der Waals surface area contributed by atoms with Crippen LogP contribution in [0.1, 0.15) is 32.2 Å². The second kappa shape index (κ2) is 5.71. The Morgan fingerprint density at radius 3 is 2.70 bits per heavy atom. The third-order valence-electron chi connectivity index (χ3n) is 3.50. The van der Waals surface area contributed by atoms with E-state index in [9.17, 15) is 0 Å². The summed E-state index contributed by atoms with van der Waals surface area (Å²) in [4.78, 5) is 8.57. The molecule has 0 amide bonds. The molecule has 0 aliphatic heterocycles. The fraction of sp³-hybridized carbons (Fsp3) is 0.533. The Bertz CT molecular complexity index is 571. The highest BCUT2D eigenvalue weighted by atomic mass is 16.5. The number of hydrogen-bond acceptors (Lipinski definition) is 5. The van der Waals surface area contributed by atoms with E-state index in [0.29, 0.717) is 11.7 Å². The Labute approximate surface area is 119 Å². The second-order valence-electron chi connectivity index (χ2n) is 6.11. The van der Waals surface area contributed by atoms with Crippen LogP contribution in [0.3, 0.4) is 0 Å². The predicted molar refractivity (Wildman–Crippen MR) is 78.3 cm³/mol. The minimum absolute atomic E-state index is 0.135. The van der Waals surface area contributed by atoms with Crippen LogP contribution in [-0.2, 0) is 6.42 Å². The lowest BCUT2D eigenvalue weighted by Gasteiger charge is -2.29. The monoisotopic (exact) mass is 274 g/mol. The van der Waals surface area contributed by atoms with Gasteiger partial charge in [0.15, 0.2) is 0 Å². The summed E-state index contributed by atoms with van der Waals surface area (Å²) >= 11 is 0. The Kier molecular flexibility index (Phi) is 4.18. The highest BCUT2D eigenvalue weighted by Gasteiger charge is 2.25. The van der Waals surface area contributed by atoms with Crippen LogP contribution in [0, 0.1) is 12.3 Å². The van der Waals surface area contributed by atoms with Crippen molar-refractivity contribution in [3.05, 3.63) is 29.9 Å². The Morgan fingerprint density at radius 1 is 1.35 bits per heavy atom. The first-order valence-electron chi connectivity index (χ1n) is 6.82. The molecule has 0 aliphatic carbocycles. The fourth-order valence-corrected chi connectivity index (χ4v) is 2.19. The summed E-state index contributed by atoms with van der Waals surface area (Å²) in [6.45, 7) is 8.57. The normalized spacial score (nSPS) is 13.4. The largest absolute Gasteiger partial charge is 0.339 e. The van der Waals surface area contributed by atoms with Crippen LogP contribution in [-0.4, -0.2) is 28.2 Å². The lowest BCUT2D eigenvalue weighted by Crippen LogP contribution is -2.39. The first kappa shape index (κ1) is 14.7. The summed E-state index contributed by atoms with van der Waals surface area (Å²) in [6, 6.07) is 2.19. The summed E-state index contributed by atoms with van der Waals surface area (Å²) in [7, 11) is 1.96. The maximum absolute atomic E-state index is 5.38. The van der Waals surface area contributed by atoms with E-state index in [0.717, 1.165) is 17.5 Å². The summed E-state index contributed by atoms with van der Waals surface area (Å²) in [5.41, 5.74) is 2.14. The van der Waals surface area contributed by atoms with Gasteiger partial charge in [-0.05, 0) is 31.0 Å². The SMILES string of the molecule is CNC(Cc1nc(-c2ccncc2C)no1)C(C)(C)C. The number of nitrogens with one attached hydrogen (secondary N) is 1. The smallest absolute Gasteiger partial charge is 0.228 e. The van der Waals surface area contributed by atoms with E-state index in [2.05, 4.69) is 41.2 Å². The van der Waals surface area contributed by atoms with Crippen LogP contribution in [0.25, 0.3) is 11.4 Å². The van der Waals surface area contributed by atoms with Crippen LogP contribution in [0.2, 0.25) is 0 Å². The molecule has 0 bridgehead atoms. The van der Waals surface area contributed by atoms with E-state index in [1.54, 1.807) is 12.4 Å². The molecule has 20 heavy (non-hydrogen) atoms. The van der Waals surface area contributed by atoms with Crippen molar-refractivity contribution in [2.24, 2.45) is 5.41 Å². The van der Waals surface area contributed by atoms with Gasteiger partial charge in [0.25, 0.3) is 0 Å². The Morgan fingerprint density at radius 2 is 2.10 bits per heavy atom. The fourth-order valence-electron chi connectivity index (χ4n) is 2.19. The first-order valence-corrected chi connectivity index (χ1v) is 6.82. The van der Waals surface area contributed by atoms with Gasteiger partial charge in [0, 0.05) is 30.4 Å². The number of likely N-dealkylation sites (N-methyl/N-ethyl adjacent to an activating group) is 1. The number of pyridine rings is 1. The van der Waals surface area contributed by atoms with Crippen molar-refractivity contribution in [2.45, 2.75) is 40.2 Å². The molecule has 0 fully saturated rings. The van der Waals surface area contributed by atoms with E-state index < -0.39 is 0 Å². The number of aromatic nitrogens is 3. The van der Waals surface area contributed by atoms with Gasteiger partial charge >= 0.3 is 0 Å². The zero-order chi connectivity index (χ0) is 14.8. The van der Waals surface area contributed by atoms with E-state index >= 15 is 0 Å². The van der Waals surface area contributed by atoms with Gasteiger partial charge in [-0.2, -0.15) is 4.98 Å². The molecule has 2 rings (SSSR count). The molecular weight excluding hydrogens is 252 g/mol. The zero-order valence-corrected chi connectivity index (χ0v) is 12.8. The molecule has 0 saturated heterocycles. The summed E-state index contributed by atoms with van der Waals surface area (Å²) in [5, 5.41) is 7.39. The standard InChI is InChI=1S/C15H22N4O/c1-10-9-17-7-6-11(10)14-18-13(20-19-14)8-12(16-5)15(2,3)4/h6-7,9,12,16H,8H2,1-5H3. The van der Waals surface area contributed by atoms with Gasteiger partial charge in [-0.25, -0.2) is 0 Å². The average Bonchev–Trinajstić information content (AvgIpc) is 2.83. The van der Waals surface area contributed by atoms with Crippen LogP contribution in [0.4, 0.5) is 0 Å². The molecule has 1 N–H and O–H groups in total. The Balaban J connectivity index is 2.20. The van der Waals surface area contributed by atoms with Gasteiger partial charge in [-0.1, -0.05) is 25.9 Å². The summed E-state index contributed by atoms with van der Waals surface area (Å²) in [5.74, 6) is 1.29. The maximum Gasteiger partial charge on any atom is 0.228 e. The van der Waals surface area contributed by atoms with Crippen LogP contribution in [0.15, 0.2) is 23.0 Å². The molecule has 2 aromatic rings. The lowest BCUT2D eigenvalue weighted by molar-refractivity contribution is 0.255. The number of hydrogen-bond donors (Lipinski definition) is 1. The molecule has 1 unspecified atom stereocenters. The van der Waals surface area contributed by atoms with E-state index in [1.807, 2.05) is 20.0 Å². The third-order valence-corrected chi connectivity index (χ3v) is 3.50. The maximum atomic E-state index is 5.38. The van der Waals surface area contributed by atoms with E-state index in [1.165, 1.54) is 0 Å². The average molecular weight is 274 g/mol. The predicted octanol–water partition coefficient (Wildman–Crippen LogP) is 2.62. The molecule has 0 aromatic carbocycles. The Hall–Kier alpha value is -1.75. The number of rotatable bonds is 4. The van der Waals surface area contributed by atoms with Crippen molar-refractivity contribution in [2.75, 3.05) is 7.05 Å². The lowest BCUT2D eigenvalue weighted by atomic mass is 9.85. The zero-order valence-electron chi connectivity index (χ0n) is 12.8. The highest BCUT2D eigenvalue weighted by molar-refractivity contribution is 5.57. The molecule has 0 aliphatic rings. The van der Waals surface area contributed by atoms with Crippen molar-refractivity contribution in [1.29, 1.82) is 0 Å². The molecule has 1 atom stereocenters. The van der Waals surface area contributed by atoms with Gasteiger partial charge in [-0.3, -0.25) is 4.98 Å². The van der Waals surface area contributed by atoms with Crippen molar-refractivity contribution >= 4 is 0 Å². The summed E-state index contributed by atoms with van der Waals surface area (Å²) in [6.07, 6.45) is 4.26. The van der Waals surface area contributed by atoms with E-state index in [-0.39, 0.29) is 11.5 Å². The number of aryl methyl sites for hydroxylation is 1. The molecule has 2 heterocycles. The molecule has 0 radical (unpaired) electrons. The van der Waals surface area contributed by atoms with Crippen LogP contribution in [0.5, 0.6) is 0 Å². The van der Waals surface area contributed by atoms with Crippen LogP contribution < -0.4 is 5.32 Å². The third kappa shape index (κ3) is 3.22. The van der Waals surface area contributed by atoms with Gasteiger partial charge in [0.1, 0.15) is 0 Å². The first-order chi connectivity index (χ1) is 9.41. The van der Waals surface area contributed by atoms with Crippen molar-refractivity contribution in [3.8, 4) is 11.4 Å². The van der Waals surface area contributed by atoms with Crippen molar-refractivity contribution < 1.29 is 4.52 Å².